The van der Waals surface area contributed by atoms with E-state index in [1.165, 1.54) is 20.3 Å². The highest BCUT2D eigenvalue weighted by Crippen LogP contribution is 2.37. The summed E-state index contributed by atoms with van der Waals surface area (Å²) in [6.07, 6.45) is 1.32. The van der Waals surface area contributed by atoms with Gasteiger partial charge in [0.1, 0.15) is 21.7 Å². The molecule has 0 saturated heterocycles. The van der Waals surface area contributed by atoms with Gasteiger partial charge in [0.2, 0.25) is 0 Å². The summed E-state index contributed by atoms with van der Waals surface area (Å²) in [5.74, 6) is -0.125. The summed E-state index contributed by atoms with van der Waals surface area (Å²) >= 11 is 3.31. The minimum Gasteiger partial charge on any atom is -0.495 e. The van der Waals surface area contributed by atoms with Crippen LogP contribution in [-0.2, 0) is 4.79 Å². The largest absolute Gasteiger partial charge is 0.495 e. The summed E-state index contributed by atoms with van der Waals surface area (Å²) < 4.78 is 10.9. The van der Waals surface area contributed by atoms with Gasteiger partial charge in [-0.3, -0.25) is 0 Å². The van der Waals surface area contributed by atoms with Crippen molar-refractivity contribution in [1.82, 2.24) is 0 Å². The number of benzene rings is 1. The molecule has 0 spiro atoms. The fourth-order valence-corrected chi connectivity index (χ4v) is 1.95. The van der Waals surface area contributed by atoms with Crippen LogP contribution in [0.4, 0.5) is 0 Å². The first-order valence-electron chi connectivity index (χ1n) is 4.62. The van der Waals surface area contributed by atoms with Crippen LogP contribution in [0.3, 0.4) is 0 Å². The predicted octanol–water partition coefficient (Wildman–Crippen LogP) is 1.85. The van der Waals surface area contributed by atoms with E-state index in [0.29, 0.717) is 21.5 Å². The molecule has 1 aromatic rings. The molecule has 1 rings (SSSR count). The summed E-state index contributed by atoms with van der Waals surface area (Å²) in [7, 11) is 3.01. The van der Waals surface area contributed by atoms with Crippen LogP contribution in [0.5, 0.6) is 11.5 Å². The number of nitrogens with two attached hydrogens (primary N) is 1. The van der Waals surface area contributed by atoms with Crippen molar-refractivity contribution >= 4 is 28.0 Å². The normalized spacial score (nSPS) is 11.1. The van der Waals surface area contributed by atoms with E-state index in [1.54, 1.807) is 12.1 Å². The van der Waals surface area contributed by atoms with E-state index in [9.17, 15) is 4.79 Å². The van der Waals surface area contributed by atoms with Gasteiger partial charge >= 0.3 is 5.97 Å². The predicted molar refractivity (Wildman–Crippen MR) is 67.0 cm³/mol. The number of aliphatic carboxylic acids is 1. The molecule has 0 radical (unpaired) electrons. The zero-order chi connectivity index (χ0) is 13.0. The maximum atomic E-state index is 10.6. The Bertz CT molecular complexity index is 471. The number of rotatable bonds is 4. The number of carbonyl (C=O) groups is 1. The van der Waals surface area contributed by atoms with Crippen LogP contribution in [0, 0.1) is 0 Å². The molecule has 0 fully saturated rings. The molecule has 0 aromatic heterocycles. The summed E-state index contributed by atoms with van der Waals surface area (Å²) in [5.41, 5.74) is 5.64. The van der Waals surface area contributed by atoms with Crippen LogP contribution in [0.15, 0.2) is 22.3 Å². The standard InChI is InChI=1S/C11H12BrNO4/c1-16-8-4-3-6(5-7(13)11(14)15)10(17-2)9(8)12/h3-5H,13H2,1-2H3,(H,14,15)/b7-5+. The highest BCUT2D eigenvalue weighted by Gasteiger charge is 2.12. The van der Waals surface area contributed by atoms with Gasteiger partial charge in [-0.15, -0.1) is 0 Å². The number of hydrogen-bond acceptors (Lipinski definition) is 4. The van der Waals surface area contributed by atoms with Crippen molar-refractivity contribution in [2.24, 2.45) is 5.73 Å². The lowest BCUT2D eigenvalue weighted by molar-refractivity contribution is -0.132. The van der Waals surface area contributed by atoms with Crippen LogP contribution in [0.2, 0.25) is 0 Å². The average molecular weight is 302 g/mol. The Labute approximate surface area is 107 Å². The third-order valence-electron chi connectivity index (χ3n) is 2.07. The number of methoxy groups -OCH3 is 2. The van der Waals surface area contributed by atoms with Crippen molar-refractivity contribution < 1.29 is 19.4 Å². The highest BCUT2D eigenvalue weighted by molar-refractivity contribution is 9.10. The molecule has 5 nitrogen and oxygen atoms in total. The lowest BCUT2D eigenvalue weighted by Crippen LogP contribution is -2.09. The first-order chi connectivity index (χ1) is 8.01. The fraction of sp³-hybridized carbons (Fsp3) is 0.182. The van der Waals surface area contributed by atoms with Crippen LogP contribution >= 0.6 is 15.9 Å². The van der Waals surface area contributed by atoms with Gasteiger partial charge in [0.05, 0.1) is 14.2 Å². The first kappa shape index (κ1) is 13.4. The molecule has 3 N–H and O–H groups in total. The SMILES string of the molecule is COc1ccc(/C=C(/N)C(=O)O)c(OC)c1Br. The maximum absolute atomic E-state index is 10.6. The van der Waals surface area contributed by atoms with Crippen molar-refractivity contribution in [2.75, 3.05) is 14.2 Å². The molecule has 17 heavy (non-hydrogen) atoms. The van der Waals surface area contributed by atoms with Crippen molar-refractivity contribution in [3.05, 3.63) is 27.9 Å². The zero-order valence-electron chi connectivity index (χ0n) is 9.36. The lowest BCUT2D eigenvalue weighted by atomic mass is 10.1. The molecule has 0 unspecified atom stereocenters. The number of hydrogen-bond donors (Lipinski definition) is 2. The Morgan fingerprint density at radius 2 is 2.06 bits per heavy atom. The molecule has 0 aliphatic heterocycles. The molecular weight excluding hydrogens is 290 g/mol. The van der Waals surface area contributed by atoms with Crippen LogP contribution in [0.25, 0.3) is 6.08 Å². The maximum Gasteiger partial charge on any atom is 0.351 e. The third kappa shape index (κ3) is 2.91. The van der Waals surface area contributed by atoms with Crippen molar-refractivity contribution in [3.8, 4) is 11.5 Å². The second-order valence-corrected chi connectivity index (χ2v) is 3.90. The molecule has 0 amide bonds. The minimum absolute atomic E-state index is 0.264. The third-order valence-corrected chi connectivity index (χ3v) is 2.83. The van der Waals surface area contributed by atoms with Gasteiger partial charge in [-0.2, -0.15) is 0 Å². The van der Waals surface area contributed by atoms with E-state index in [2.05, 4.69) is 15.9 Å². The number of carboxylic acids is 1. The van der Waals surface area contributed by atoms with Gasteiger partial charge in [-0.05, 0) is 34.1 Å². The number of carboxylic acid groups (broad SMARTS) is 1. The molecule has 0 saturated carbocycles. The molecule has 0 atom stereocenters. The molecule has 92 valence electrons. The Kier molecular flexibility index (Phi) is 4.39. The molecule has 0 aliphatic rings. The molecule has 0 heterocycles. The quantitative estimate of drug-likeness (QED) is 0.830. The molecule has 1 aromatic carbocycles. The van der Waals surface area contributed by atoms with E-state index in [4.69, 9.17) is 20.3 Å². The van der Waals surface area contributed by atoms with E-state index in [0.717, 1.165) is 0 Å². The van der Waals surface area contributed by atoms with E-state index in [1.807, 2.05) is 0 Å². The van der Waals surface area contributed by atoms with Gasteiger partial charge in [0.25, 0.3) is 0 Å². The molecule has 0 aliphatic carbocycles. The van der Waals surface area contributed by atoms with Crippen molar-refractivity contribution in [1.29, 1.82) is 0 Å². The van der Waals surface area contributed by atoms with Gasteiger partial charge < -0.3 is 20.3 Å². The first-order valence-corrected chi connectivity index (χ1v) is 5.41. The van der Waals surface area contributed by atoms with Gasteiger partial charge in [-0.25, -0.2) is 4.79 Å². The monoisotopic (exact) mass is 301 g/mol. The molecule has 0 bridgehead atoms. The highest BCUT2D eigenvalue weighted by atomic mass is 79.9. The lowest BCUT2D eigenvalue weighted by Gasteiger charge is -2.11. The minimum atomic E-state index is -1.18. The van der Waals surface area contributed by atoms with Crippen molar-refractivity contribution in [2.45, 2.75) is 0 Å². The summed E-state index contributed by atoms with van der Waals surface area (Å²) in [5, 5.41) is 8.71. The Morgan fingerprint density at radius 3 is 2.53 bits per heavy atom. The van der Waals surface area contributed by atoms with Crippen LogP contribution in [0.1, 0.15) is 5.56 Å². The molecule has 6 heteroatoms. The number of ether oxygens (including phenoxy) is 2. The Hall–Kier alpha value is -1.69. The van der Waals surface area contributed by atoms with Gasteiger partial charge in [-0.1, -0.05) is 0 Å². The zero-order valence-corrected chi connectivity index (χ0v) is 10.9. The van der Waals surface area contributed by atoms with Crippen LogP contribution < -0.4 is 15.2 Å². The Balaban J connectivity index is 3.31. The Morgan fingerprint density at radius 1 is 1.41 bits per heavy atom. The summed E-state index contributed by atoms with van der Waals surface area (Å²) in [6, 6.07) is 3.35. The topological polar surface area (TPSA) is 81.8 Å². The van der Waals surface area contributed by atoms with Gasteiger partial charge in [0, 0.05) is 5.56 Å². The summed E-state index contributed by atoms with van der Waals surface area (Å²) in [4.78, 5) is 10.6. The van der Waals surface area contributed by atoms with Crippen LogP contribution in [-0.4, -0.2) is 25.3 Å². The number of halogens is 1. The second-order valence-electron chi connectivity index (χ2n) is 3.11. The van der Waals surface area contributed by atoms with E-state index < -0.39 is 5.97 Å². The second kappa shape index (κ2) is 5.58. The smallest absolute Gasteiger partial charge is 0.351 e. The average Bonchev–Trinajstić information content (AvgIpc) is 2.29. The van der Waals surface area contributed by atoms with Gasteiger partial charge in [0.15, 0.2) is 0 Å². The van der Waals surface area contributed by atoms with E-state index in [-0.39, 0.29) is 5.70 Å². The summed E-state index contributed by atoms with van der Waals surface area (Å²) in [6.45, 7) is 0. The van der Waals surface area contributed by atoms with E-state index >= 15 is 0 Å². The van der Waals surface area contributed by atoms with Crippen molar-refractivity contribution in [3.63, 3.8) is 0 Å². The molecular formula is C11H12BrNO4. The fourth-order valence-electron chi connectivity index (χ4n) is 1.26.